The van der Waals surface area contributed by atoms with E-state index in [0.717, 1.165) is 36.3 Å². The molecule has 0 saturated carbocycles. The Morgan fingerprint density at radius 1 is 1.25 bits per heavy atom. The minimum atomic E-state index is -0.516. The largest absolute Gasteiger partial charge is 0.444 e. The molecule has 0 unspecified atom stereocenters. The number of amides is 1. The summed E-state index contributed by atoms with van der Waals surface area (Å²) >= 11 is 0. The third kappa shape index (κ3) is 3.74. The zero-order chi connectivity index (χ0) is 17.2. The van der Waals surface area contributed by atoms with E-state index in [9.17, 15) is 4.79 Å². The van der Waals surface area contributed by atoms with Crippen LogP contribution in [0.25, 0.3) is 11.1 Å². The molecule has 126 valence electrons. The molecular formula is C19H23N3O2. The van der Waals surface area contributed by atoms with E-state index in [2.05, 4.69) is 21.7 Å². The van der Waals surface area contributed by atoms with Gasteiger partial charge in [-0.25, -0.2) is 4.79 Å². The third-order valence-corrected chi connectivity index (χ3v) is 3.89. The normalized spacial score (nSPS) is 14.0. The van der Waals surface area contributed by atoms with E-state index in [0.29, 0.717) is 0 Å². The number of anilines is 1. The van der Waals surface area contributed by atoms with Gasteiger partial charge in [0.1, 0.15) is 5.60 Å². The molecule has 3 rings (SSSR count). The molecule has 2 aromatic rings. The van der Waals surface area contributed by atoms with Gasteiger partial charge in [-0.2, -0.15) is 0 Å². The number of carbonyl (C=O) groups excluding carboxylic acids is 1. The van der Waals surface area contributed by atoms with E-state index in [1.165, 1.54) is 11.1 Å². The van der Waals surface area contributed by atoms with Crippen molar-refractivity contribution in [3.05, 3.63) is 47.8 Å². The summed E-state index contributed by atoms with van der Waals surface area (Å²) in [7, 11) is 0. The van der Waals surface area contributed by atoms with Crippen molar-refractivity contribution in [2.45, 2.75) is 39.3 Å². The first-order valence-electron chi connectivity index (χ1n) is 8.20. The number of rotatable bonds is 2. The lowest BCUT2D eigenvalue weighted by atomic mass is 9.91. The number of hydrogen-bond acceptors (Lipinski definition) is 4. The van der Waals surface area contributed by atoms with Gasteiger partial charge < -0.3 is 10.1 Å². The van der Waals surface area contributed by atoms with Crippen molar-refractivity contribution in [2.75, 3.05) is 11.9 Å². The Labute approximate surface area is 142 Å². The Morgan fingerprint density at radius 2 is 2.08 bits per heavy atom. The average molecular weight is 325 g/mol. The molecule has 0 radical (unpaired) electrons. The lowest BCUT2D eigenvalue weighted by Crippen LogP contribution is -2.29. The van der Waals surface area contributed by atoms with Gasteiger partial charge in [-0.3, -0.25) is 10.3 Å². The highest BCUT2D eigenvalue weighted by atomic mass is 16.6. The Kier molecular flexibility index (Phi) is 4.53. The summed E-state index contributed by atoms with van der Waals surface area (Å²) in [5.41, 5.74) is 4.94. The van der Waals surface area contributed by atoms with Gasteiger partial charge in [0.25, 0.3) is 0 Å². The minimum absolute atomic E-state index is 0.426. The molecule has 1 aromatic carbocycles. The van der Waals surface area contributed by atoms with Crippen molar-refractivity contribution in [3.63, 3.8) is 0 Å². The van der Waals surface area contributed by atoms with Gasteiger partial charge in [0.15, 0.2) is 0 Å². The number of ether oxygens (including phenoxy) is 1. The van der Waals surface area contributed by atoms with Gasteiger partial charge >= 0.3 is 6.09 Å². The Balaban J connectivity index is 1.94. The Bertz CT molecular complexity index is 736. The topological polar surface area (TPSA) is 63.2 Å². The molecule has 2 N–H and O–H groups in total. The molecule has 0 saturated heterocycles. The molecule has 24 heavy (non-hydrogen) atoms. The highest BCUT2D eigenvalue weighted by molar-refractivity contribution is 5.87. The van der Waals surface area contributed by atoms with E-state index < -0.39 is 11.7 Å². The second-order valence-corrected chi connectivity index (χ2v) is 6.91. The van der Waals surface area contributed by atoms with Gasteiger partial charge in [0.2, 0.25) is 0 Å². The number of fused-ring (bicyclic) bond motifs is 1. The van der Waals surface area contributed by atoms with Crippen LogP contribution in [0.15, 0.2) is 36.7 Å². The summed E-state index contributed by atoms with van der Waals surface area (Å²) in [6.07, 6.45) is 4.14. The standard InChI is InChI=1S/C19H23N3O2/c1-19(2,3)24-18(23)22-17-7-6-14(13-5-4-9-20-11-13)15-8-10-21-12-16(15)17/h4-7,9,11,21H,8,10,12H2,1-3H3,(H,22,23). The predicted octanol–water partition coefficient (Wildman–Crippen LogP) is 3.74. The summed E-state index contributed by atoms with van der Waals surface area (Å²) in [5, 5.41) is 6.26. The van der Waals surface area contributed by atoms with Crippen LogP contribution in [0, 0.1) is 0 Å². The highest BCUT2D eigenvalue weighted by Gasteiger charge is 2.21. The molecule has 1 aliphatic rings. The van der Waals surface area contributed by atoms with E-state index in [-0.39, 0.29) is 0 Å². The smallest absolute Gasteiger partial charge is 0.412 e. The van der Waals surface area contributed by atoms with Crippen LogP contribution in [-0.2, 0) is 17.7 Å². The Hall–Kier alpha value is -2.40. The van der Waals surface area contributed by atoms with Crippen molar-refractivity contribution in [1.29, 1.82) is 0 Å². The molecule has 0 bridgehead atoms. The van der Waals surface area contributed by atoms with Gasteiger partial charge in [-0.15, -0.1) is 0 Å². The van der Waals surface area contributed by atoms with Gasteiger partial charge in [-0.05, 0) is 62.6 Å². The summed E-state index contributed by atoms with van der Waals surface area (Å²) in [6.45, 7) is 7.23. The van der Waals surface area contributed by atoms with Crippen molar-refractivity contribution in [2.24, 2.45) is 0 Å². The second-order valence-electron chi connectivity index (χ2n) is 6.91. The Morgan fingerprint density at radius 3 is 2.79 bits per heavy atom. The summed E-state index contributed by atoms with van der Waals surface area (Å²) < 4.78 is 5.37. The summed E-state index contributed by atoms with van der Waals surface area (Å²) in [5.74, 6) is 0. The summed E-state index contributed by atoms with van der Waals surface area (Å²) in [6, 6.07) is 7.99. The van der Waals surface area contributed by atoms with E-state index in [4.69, 9.17) is 4.74 Å². The van der Waals surface area contributed by atoms with Gasteiger partial charge in [0, 0.05) is 30.2 Å². The van der Waals surface area contributed by atoms with E-state index in [1.807, 2.05) is 45.2 Å². The third-order valence-electron chi connectivity index (χ3n) is 3.89. The zero-order valence-corrected chi connectivity index (χ0v) is 14.3. The molecule has 2 heterocycles. The fourth-order valence-corrected chi connectivity index (χ4v) is 2.93. The number of hydrogen-bond donors (Lipinski definition) is 2. The molecule has 0 aliphatic carbocycles. The average Bonchev–Trinajstić information content (AvgIpc) is 2.54. The van der Waals surface area contributed by atoms with Crippen LogP contribution in [0.4, 0.5) is 10.5 Å². The van der Waals surface area contributed by atoms with Crippen molar-refractivity contribution < 1.29 is 9.53 Å². The number of nitrogens with one attached hydrogen (secondary N) is 2. The maximum absolute atomic E-state index is 12.1. The first-order chi connectivity index (χ1) is 11.4. The van der Waals surface area contributed by atoms with Crippen LogP contribution >= 0.6 is 0 Å². The number of carbonyl (C=O) groups is 1. The molecule has 1 aliphatic heterocycles. The van der Waals surface area contributed by atoms with Gasteiger partial charge in [0.05, 0.1) is 0 Å². The molecule has 5 nitrogen and oxygen atoms in total. The minimum Gasteiger partial charge on any atom is -0.444 e. The lowest BCUT2D eigenvalue weighted by molar-refractivity contribution is 0.0635. The van der Waals surface area contributed by atoms with Gasteiger partial charge in [-0.1, -0.05) is 12.1 Å². The van der Waals surface area contributed by atoms with E-state index in [1.54, 1.807) is 6.20 Å². The van der Waals surface area contributed by atoms with Crippen LogP contribution < -0.4 is 10.6 Å². The summed E-state index contributed by atoms with van der Waals surface area (Å²) in [4.78, 5) is 16.3. The van der Waals surface area contributed by atoms with Crippen molar-refractivity contribution >= 4 is 11.8 Å². The molecule has 5 heteroatoms. The highest BCUT2D eigenvalue weighted by Crippen LogP contribution is 2.33. The second kappa shape index (κ2) is 6.61. The van der Waals surface area contributed by atoms with Crippen molar-refractivity contribution in [3.8, 4) is 11.1 Å². The first-order valence-corrected chi connectivity index (χ1v) is 8.20. The molecule has 0 fully saturated rings. The maximum atomic E-state index is 12.1. The molecule has 1 amide bonds. The number of benzene rings is 1. The molecule has 1 aromatic heterocycles. The molecule has 0 spiro atoms. The van der Waals surface area contributed by atoms with Crippen LogP contribution in [0.5, 0.6) is 0 Å². The first kappa shape index (κ1) is 16.5. The fourth-order valence-electron chi connectivity index (χ4n) is 2.93. The predicted molar refractivity (Wildman–Crippen MR) is 94.9 cm³/mol. The number of nitrogens with zero attached hydrogens (tertiary/aromatic N) is 1. The van der Waals surface area contributed by atoms with Crippen molar-refractivity contribution in [1.82, 2.24) is 10.3 Å². The number of pyridine rings is 1. The maximum Gasteiger partial charge on any atom is 0.412 e. The fraction of sp³-hybridized carbons (Fsp3) is 0.368. The van der Waals surface area contributed by atoms with E-state index >= 15 is 0 Å². The van der Waals surface area contributed by atoms with Crippen LogP contribution in [0.2, 0.25) is 0 Å². The SMILES string of the molecule is CC(C)(C)OC(=O)Nc1ccc(-c2cccnc2)c2c1CNCC2. The lowest BCUT2D eigenvalue weighted by Gasteiger charge is -2.25. The molecule has 0 atom stereocenters. The van der Waals surface area contributed by atoms with Crippen LogP contribution in [0.1, 0.15) is 31.9 Å². The quantitative estimate of drug-likeness (QED) is 0.883. The molecular weight excluding hydrogens is 302 g/mol. The monoisotopic (exact) mass is 325 g/mol. The van der Waals surface area contributed by atoms with Crippen LogP contribution in [-0.4, -0.2) is 23.2 Å². The number of aromatic nitrogens is 1. The van der Waals surface area contributed by atoms with Crippen LogP contribution in [0.3, 0.4) is 0 Å². The zero-order valence-electron chi connectivity index (χ0n) is 14.3.